The van der Waals surface area contributed by atoms with Crippen molar-refractivity contribution in [1.29, 1.82) is 0 Å². The number of amides is 3. The number of carbonyl (C=O) groups excluding carboxylic acids is 3. The fourth-order valence-corrected chi connectivity index (χ4v) is 4.04. The Balaban J connectivity index is 1.67. The highest BCUT2D eigenvalue weighted by molar-refractivity contribution is 6.03. The fourth-order valence-electron chi connectivity index (χ4n) is 4.04. The Bertz CT molecular complexity index is 752. The van der Waals surface area contributed by atoms with Crippen LogP contribution in [0.3, 0.4) is 0 Å². The van der Waals surface area contributed by atoms with E-state index < -0.39 is 23.3 Å². The van der Waals surface area contributed by atoms with Gasteiger partial charge in [-0.25, -0.2) is 0 Å². The lowest BCUT2D eigenvalue weighted by Gasteiger charge is -2.40. The number of aliphatic hydroxyl groups is 1. The summed E-state index contributed by atoms with van der Waals surface area (Å²) >= 11 is 0. The van der Waals surface area contributed by atoms with E-state index in [2.05, 4.69) is 17.4 Å². The Morgan fingerprint density at radius 2 is 1.82 bits per heavy atom. The first-order valence-corrected chi connectivity index (χ1v) is 9.81. The molecule has 1 aromatic rings. The summed E-state index contributed by atoms with van der Waals surface area (Å²) < 4.78 is 0. The minimum atomic E-state index is -1.35. The van der Waals surface area contributed by atoms with Gasteiger partial charge in [0, 0.05) is 31.5 Å². The van der Waals surface area contributed by atoms with Gasteiger partial charge in [0.25, 0.3) is 0 Å². The maximum absolute atomic E-state index is 13.1. The molecule has 2 aliphatic rings. The Labute approximate surface area is 165 Å². The topological polar surface area (TPSA) is 113 Å². The molecule has 7 heteroatoms. The van der Waals surface area contributed by atoms with Gasteiger partial charge in [-0.2, -0.15) is 0 Å². The van der Waals surface area contributed by atoms with Gasteiger partial charge in [0.1, 0.15) is 5.41 Å². The van der Waals surface area contributed by atoms with Gasteiger partial charge in [-0.1, -0.05) is 24.3 Å². The normalized spacial score (nSPS) is 22.6. The predicted octanol–water partition coefficient (Wildman–Crippen LogP) is 0.239. The van der Waals surface area contributed by atoms with E-state index in [-0.39, 0.29) is 24.3 Å². The van der Waals surface area contributed by atoms with E-state index in [0.717, 1.165) is 12.8 Å². The lowest BCUT2D eigenvalue weighted by molar-refractivity contribution is -0.143. The molecular formula is C21H29N3O4. The molecule has 1 aromatic carbocycles. The molecule has 0 bridgehead atoms. The third-order valence-corrected chi connectivity index (χ3v) is 6.20. The van der Waals surface area contributed by atoms with Crippen molar-refractivity contribution >= 4 is 17.7 Å². The average molecular weight is 387 g/mol. The zero-order valence-corrected chi connectivity index (χ0v) is 16.5. The molecule has 7 nitrogen and oxygen atoms in total. The monoisotopic (exact) mass is 387 g/mol. The van der Waals surface area contributed by atoms with Crippen LogP contribution in [0.15, 0.2) is 24.3 Å². The van der Waals surface area contributed by atoms with Gasteiger partial charge in [-0.3, -0.25) is 14.4 Å². The number of nitrogens with one attached hydrogen (secondary N) is 1. The number of primary amides is 1. The van der Waals surface area contributed by atoms with Crippen molar-refractivity contribution in [2.45, 2.75) is 39.2 Å². The number of aliphatic hydroxyl groups excluding tert-OH is 1. The molecule has 1 saturated heterocycles. The number of rotatable bonds is 5. The molecule has 4 N–H and O–H groups in total. The highest BCUT2D eigenvalue weighted by Crippen LogP contribution is 2.29. The molecule has 2 atom stereocenters. The number of piperidine rings is 1. The first-order chi connectivity index (χ1) is 13.2. The van der Waals surface area contributed by atoms with Crippen LogP contribution in [0.4, 0.5) is 0 Å². The van der Waals surface area contributed by atoms with Crippen LogP contribution in [-0.2, 0) is 27.2 Å². The zero-order chi connectivity index (χ0) is 20.5. The van der Waals surface area contributed by atoms with Crippen molar-refractivity contribution in [3.63, 3.8) is 0 Å². The molecule has 0 radical (unpaired) electrons. The number of hydrogen-bond acceptors (Lipinski definition) is 4. The lowest BCUT2D eigenvalue weighted by Crippen LogP contribution is -2.58. The van der Waals surface area contributed by atoms with Crippen molar-refractivity contribution in [2.75, 3.05) is 19.7 Å². The number of nitrogens with zero attached hydrogens (tertiary/aromatic N) is 1. The molecule has 0 saturated carbocycles. The second kappa shape index (κ2) is 7.91. The first-order valence-electron chi connectivity index (χ1n) is 9.81. The number of nitrogens with two attached hydrogens (primary N) is 1. The van der Waals surface area contributed by atoms with Crippen LogP contribution >= 0.6 is 0 Å². The van der Waals surface area contributed by atoms with Gasteiger partial charge in [0.15, 0.2) is 0 Å². The van der Waals surface area contributed by atoms with Gasteiger partial charge in [-0.05, 0) is 44.2 Å². The smallest absolute Gasteiger partial charge is 0.235 e. The van der Waals surface area contributed by atoms with Crippen molar-refractivity contribution < 1.29 is 19.5 Å². The molecule has 3 rings (SSSR count). The predicted molar refractivity (Wildman–Crippen MR) is 104 cm³/mol. The molecule has 1 aliphatic carbocycles. The number of fused-ring (bicyclic) bond motifs is 1. The van der Waals surface area contributed by atoms with Gasteiger partial charge in [-0.15, -0.1) is 0 Å². The van der Waals surface area contributed by atoms with E-state index in [1.165, 1.54) is 25.0 Å². The van der Waals surface area contributed by atoms with Gasteiger partial charge in [0.2, 0.25) is 17.7 Å². The lowest BCUT2D eigenvalue weighted by atomic mass is 9.87. The van der Waals surface area contributed by atoms with Crippen molar-refractivity contribution in [3.8, 4) is 0 Å². The summed E-state index contributed by atoms with van der Waals surface area (Å²) in [5, 5.41) is 12.5. The third-order valence-electron chi connectivity index (χ3n) is 6.20. The Morgan fingerprint density at radius 1 is 1.21 bits per heavy atom. The molecule has 3 amide bonds. The summed E-state index contributed by atoms with van der Waals surface area (Å²) in [4.78, 5) is 38.9. The molecule has 0 spiro atoms. The summed E-state index contributed by atoms with van der Waals surface area (Å²) in [7, 11) is 0. The van der Waals surface area contributed by atoms with E-state index in [1.54, 1.807) is 4.90 Å². The van der Waals surface area contributed by atoms with E-state index in [0.29, 0.717) is 19.5 Å². The molecule has 1 heterocycles. The van der Waals surface area contributed by atoms with Crippen molar-refractivity contribution in [3.05, 3.63) is 35.4 Å². The van der Waals surface area contributed by atoms with Crippen LogP contribution < -0.4 is 11.1 Å². The van der Waals surface area contributed by atoms with Crippen molar-refractivity contribution in [1.82, 2.24) is 10.2 Å². The number of likely N-dealkylation sites (tertiary alicyclic amines) is 1. The van der Waals surface area contributed by atoms with E-state index in [4.69, 9.17) is 5.73 Å². The Morgan fingerprint density at radius 3 is 2.36 bits per heavy atom. The summed E-state index contributed by atoms with van der Waals surface area (Å²) in [6.07, 6.45) is 2.07. The molecular weight excluding hydrogens is 358 g/mol. The summed E-state index contributed by atoms with van der Waals surface area (Å²) in [6.45, 7) is 3.75. The SMILES string of the molecule is CC(C)(C(N)=O)C(=O)NC1CN(C(=O)C2Cc3ccccc3C2)CCC1CO. The van der Waals surface area contributed by atoms with Crippen LogP contribution in [0, 0.1) is 17.3 Å². The maximum Gasteiger partial charge on any atom is 0.235 e. The first kappa shape index (κ1) is 20.3. The zero-order valence-electron chi connectivity index (χ0n) is 16.5. The number of hydrogen-bond donors (Lipinski definition) is 3. The van der Waals surface area contributed by atoms with Crippen LogP contribution in [-0.4, -0.2) is 53.5 Å². The van der Waals surface area contributed by atoms with E-state index in [1.807, 2.05) is 12.1 Å². The number of benzene rings is 1. The number of carbonyl (C=O) groups is 3. The summed E-state index contributed by atoms with van der Waals surface area (Å²) in [6, 6.07) is 7.71. The Kier molecular flexibility index (Phi) is 5.74. The Hall–Kier alpha value is -2.41. The minimum Gasteiger partial charge on any atom is -0.396 e. The fraction of sp³-hybridized carbons (Fsp3) is 0.571. The second-order valence-corrected chi connectivity index (χ2v) is 8.46. The van der Waals surface area contributed by atoms with Crippen LogP contribution in [0.2, 0.25) is 0 Å². The maximum atomic E-state index is 13.1. The summed E-state index contributed by atoms with van der Waals surface area (Å²) in [5.41, 5.74) is 6.42. The molecule has 1 aliphatic heterocycles. The van der Waals surface area contributed by atoms with Crippen LogP contribution in [0.1, 0.15) is 31.4 Å². The van der Waals surface area contributed by atoms with Crippen LogP contribution in [0.5, 0.6) is 0 Å². The third kappa shape index (κ3) is 3.90. The standard InChI is InChI=1S/C21H29N3O4/c1-21(2,19(22)27)20(28)23-17-11-24(8-7-15(17)12-25)18(26)16-9-13-5-3-4-6-14(13)10-16/h3-6,15-17,25H,7-12H2,1-2H3,(H2,22,27)(H,23,28). The largest absolute Gasteiger partial charge is 0.396 e. The van der Waals surface area contributed by atoms with Crippen LogP contribution in [0.25, 0.3) is 0 Å². The van der Waals surface area contributed by atoms with Gasteiger partial charge in [0.05, 0.1) is 6.04 Å². The molecule has 152 valence electrons. The highest BCUT2D eigenvalue weighted by atomic mass is 16.3. The van der Waals surface area contributed by atoms with E-state index in [9.17, 15) is 19.5 Å². The molecule has 1 fully saturated rings. The molecule has 28 heavy (non-hydrogen) atoms. The van der Waals surface area contributed by atoms with Gasteiger partial charge < -0.3 is 21.1 Å². The van der Waals surface area contributed by atoms with Gasteiger partial charge >= 0.3 is 0 Å². The minimum absolute atomic E-state index is 0.0820. The quantitative estimate of drug-likeness (QED) is 0.628. The molecule has 2 unspecified atom stereocenters. The average Bonchev–Trinajstić information content (AvgIpc) is 3.11. The second-order valence-electron chi connectivity index (χ2n) is 8.46. The molecule has 0 aromatic heterocycles. The highest BCUT2D eigenvalue weighted by Gasteiger charge is 2.40. The van der Waals surface area contributed by atoms with Crippen molar-refractivity contribution in [2.24, 2.45) is 23.0 Å². The summed E-state index contributed by atoms with van der Waals surface area (Å²) in [5.74, 6) is -1.34. The van der Waals surface area contributed by atoms with E-state index >= 15 is 0 Å².